The van der Waals surface area contributed by atoms with E-state index in [1.165, 1.54) is 30.3 Å². The highest BCUT2D eigenvalue weighted by atomic mass is 19.4. The first-order valence-corrected chi connectivity index (χ1v) is 10.2. The third-order valence-corrected chi connectivity index (χ3v) is 4.98. The first-order chi connectivity index (χ1) is 16.5. The molecule has 0 aliphatic carbocycles. The van der Waals surface area contributed by atoms with Crippen molar-refractivity contribution >= 4 is 5.97 Å². The number of hydrogen-bond donors (Lipinski definition) is 1. The van der Waals surface area contributed by atoms with Gasteiger partial charge >= 0.3 is 25.1 Å². The van der Waals surface area contributed by atoms with Gasteiger partial charge in [0.1, 0.15) is 5.41 Å². The van der Waals surface area contributed by atoms with Gasteiger partial charge in [-0.3, -0.25) is 4.79 Å². The van der Waals surface area contributed by atoms with Gasteiger partial charge in [0.2, 0.25) is 5.75 Å². The summed E-state index contributed by atoms with van der Waals surface area (Å²) in [6, 6.07) is 7.28. The number of halogens is 9. The van der Waals surface area contributed by atoms with Crippen molar-refractivity contribution < 1.29 is 63.6 Å². The van der Waals surface area contributed by atoms with Gasteiger partial charge in [0.25, 0.3) is 0 Å². The monoisotopic (exact) mass is 534 g/mol. The van der Waals surface area contributed by atoms with Crippen molar-refractivity contribution in [3.63, 3.8) is 0 Å². The number of carbonyl (C=O) groups is 1. The maximum absolute atomic E-state index is 13.3. The Bertz CT molecular complexity index is 1030. The molecule has 0 aliphatic rings. The van der Waals surface area contributed by atoms with Gasteiger partial charge in [0.15, 0.2) is 11.5 Å². The van der Waals surface area contributed by atoms with E-state index in [-0.39, 0.29) is 18.1 Å². The number of aliphatic carboxylic acids is 1. The summed E-state index contributed by atoms with van der Waals surface area (Å²) >= 11 is 0. The summed E-state index contributed by atoms with van der Waals surface area (Å²) in [7, 11) is 0. The molecule has 1 unspecified atom stereocenters. The molecule has 1 atom stereocenters. The van der Waals surface area contributed by atoms with Crippen LogP contribution in [0.5, 0.6) is 17.2 Å². The molecule has 0 fully saturated rings. The standard InChI is InChI=1S/C22H19F9O5/c1-2-3-7-12-19(18(32)33,13-8-5-4-6-9-13)14-10-11-15(34-20(23,24)25)17(36-22(29,30)31)16(14)35-21(26,27)28/h4-6,8-11H,2-3,7,12H2,1H3,(H,32,33). The summed E-state index contributed by atoms with van der Waals surface area (Å²) in [5.74, 6) is -7.65. The molecule has 2 aromatic rings. The van der Waals surface area contributed by atoms with Crippen LogP contribution in [0.2, 0.25) is 0 Å². The molecule has 2 rings (SSSR count). The van der Waals surface area contributed by atoms with Crippen LogP contribution >= 0.6 is 0 Å². The molecule has 1 N–H and O–H groups in total. The lowest BCUT2D eigenvalue weighted by molar-refractivity contribution is -0.293. The van der Waals surface area contributed by atoms with Crippen LogP contribution in [0.3, 0.4) is 0 Å². The van der Waals surface area contributed by atoms with Crippen molar-refractivity contribution in [2.75, 3.05) is 0 Å². The van der Waals surface area contributed by atoms with E-state index in [9.17, 15) is 49.4 Å². The summed E-state index contributed by atoms with van der Waals surface area (Å²) in [5, 5.41) is 10.2. The Morgan fingerprint density at radius 3 is 1.75 bits per heavy atom. The maximum Gasteiger partial charge on any atom is 0.573 e. The van der Waals surface area contributed by atoms with E-state index in [0.29, 0.717) is 18.9 Å². The molecule has 0 amide bonds. The van der Waals surface area contributed by atoms with Crippen LogP contribution in [0.25, 0.3) is 0 Å². The molecule has 0 radical (unpaired) electrons. The second-order valence-corrected chi connectivity index (χ2v) is 7.45. The van der Waals surface area contributed by atoms with Crippen LogP contribution in [0.15, 0.2) is 42.5 Å². The zero-order valence-electron chi connectivity index (χ0n) is 18.4. The van der Waals surface area contributed by atoms with Gasteiger partial charge in [-0.25, -0.2) is 0 Å². The Balaban J connectivity index is 3.00. The van der Waals surface area contributed by atoms with E-state index in [4.69, 9.17) is 0 Å². The van der Waals surface area contributed by atoms with Crippen molar-refractivity contribution in [1.82, 2.24) is 0 Å². The van der Waals surface area contributed by atoms with Crippen molar-refractivity contribution in [2.24, 2.45) is 0 Å². The quantitative estimate of drug-likeness (QED) is 0.255. The van der Waals surface area contributed by atoms with Gasteiger partial charge in [0.05, 0.1) is 0 Å². The molecule has 0 saturated heterocycles. The molecular formula is C22H19F9O5. The SMILES string of the molecule is CCCCCC(C(=O)O)(c1ccccc1)c1ccc(OC(F)(F)F)c(OC(F)(F)F)c1OC(F)(F)F. The third kappa shape index (κ3) is 7.34. The highest BCUT2D eigenvalue weighted by molar-refractivity contribution is 5.88. The predicted molar refractivity (Wildman–Crippen MR) is 105 cm³/mol. The molecule has 0 heterocycles. The summed E-state index contributed by atoms with van der Waals surface area (Å²) < 4.78 is 129. The zero-order chi connectivity index (χ0) is 27.4. The van der Waals surface area contributed by atoms with Crippen LogP contribution in [0, 0.1) is 0 Å². The fourth-order valence-electron chi connectivity index (χ4n) is 3.66. The molecule has 0 spiro atoms. The average molecular weight is 534 g/mol. The first-order valence-electron chi connectivity index (χ1n) is 10.2. The Morgan fingerprint density at radius 2 is 1.28 bits per heavy atom. The van der Waals surface area contributed by atoms with Gasteiger partial charge in [-0.15, -0.1) is 39.5 Å². The van der Waals surface area contributed by atoms with E-state index < -0.39 is 59.7 Å². The molecule has 36 heavy (non-hydrogen) atoms. The largest absolute Gasteiger partial charge is 0.573 e. The Labute approximate surface area is 198 Å². The molecule has 0 aromatic heterocycles. The molecule has 0 bridgehead atoms. The van der Waals surface area contributed by atoms with E-state index in [1.54, 1.807) is 6.92 Å². The fourth-order valence-corrected chi connectivity index (χ4v) is 3.66. The molecule has 0 aliphatic heterocycles. The molecule has 0 saturated carbocycles. The summed E-state index contributed by atoms with van der Waals surface area (Å²) in [5.41, 5.74) is -3.62. The van der Waals surface area contributed by atoms with Crippen molar-refractivity contribution in [3.05, 3.63) is 53.6 Å². The first kappa shape index (κ1) is 28.9. The van der Waals surface area contributed by atoms with Gasteiger partial charge in [-0.1, -0.05) is 56.5 Å². The number of unbranched alkanes of at least 4 members (excludes halogenated alkanes) is 2. The minimum absolute atomic E-state index is 0.0828. The lowest BCUT2D eigenvalue weighted by Gasteiger charge is -2.33. The topological polar surface area (TPSA) is 65.0 Å². The van der Waals surface area contributed by atoms with Crippen LogP contribution in [-0.2, 0) is 10.2 Å². The summed E-state index contributed by atoms with van der Waals surface area (Å²) in [4.78, 5) is 12.6. The zero-order valence-corrected chi connectivity index (χ0v) is 18.4. The number of carboxylic acids is 1. The van der Waals surface area contributed by atoms with Crippen LogP contribution < -0.4 is 14.2 Å². The van der Waals surface area contributed by atoms with Gasteiger partial charge in [-0.2, -0.15) is 0 Å². The fraction of sp³-hybridized carbons (Fsp3) is 0.409. The van der Waals surface area contributed by atoms with E-state index in [0.717, 1.165) is 0 Å². The second kappa shape index (κ2) is 10.7. The average Bonchev–Trinajstić information content (AvgIpc) is 2.72. The van der Waals surface area contributed by atoms with Crippen LogP contribution in [-0.4, -0.2) is 30.2 Å². The second-order valence-electron chi connectivity index (χ2n) is 7.45. The highest BCUT2D eigenvalue weighted by Gasteiger charge is 2.49. The number of alkyl halides is 9. The molecule has 200 valence electrons. The molecule has 14 heteroatoms. The van der Waals surface area contributed by atoms with E-state index in [2.05, 4.69) is 14.2 Å². The molecule has 5 nitrogen and oxygen atoms in total. The Morgan fingerprint density at radius 1 is 0.750 bits per heavy atom. The molecule has 2 aromatic carbocycles. The number of rotatable bonds is 10. The van der Waals surface area contributed by atoms with Gasteiger partial charge in [0, 0.05) is 5.56 Å². The Kier molecular flexibility index (Phi) is 8.63. The lowest BCUT2D eigenvalue weighted by Crippen LogP contribution is -2.38. The normalized spacial score (nSPS) is 14.2. The number of ether oxygens (including phenoxy) is 3. The van der Waals surface area contributed by atoms with Gasteiger partial charge in [-0.05, 0) is 24.1 Å². The number of hydrogen-bond acceptors (Lipinski definition) is 4. The van der Waals surface area contributed by atoms with Crippen LogP contribution in [0.4, 0.5) is 39.5 Å². The molecular weight excluding hydrogens is 515 g/mol. The maximum atomic E-state index is 13.3. The van der Waals surface area contributed by atoms with Crippen molar-refractivity contribution in [3.8, 4) is 17.2 Å². The summed E-state index contributed by atoms with van der Waals surface area (Å²) in [6.07, 6.45) is -16.6. The van der Waals surface area contributed by atoms with E-state index >= 15 is 0 Å². The smallest absolute Gasteiger partial charge is 0.480 e. The van der Waals surface area contributed by atoms with Crippen molar-refractivity contribution in [1.29, 1.82) is 0 Å². The lowest BCUT2D eigenvalue weighted by atomic mass is 9.70. The predicted octanol–water partition coefficient (Wildman–Crippen LogP) is 7.33. The van der Waals surface area contributed by atoms with Gasteiger partial charge < -0.3 is 19.3 Å². The highest BCUT2D eigenvalue weighted by Crippen LogP contribution is 2.52. The van der Waals surface area contributed by atoms with Crippen molar-refractivity contribution in [2.45, 2.75) is 57.1 Å². The minimum atomic E-state index is -5.80. The number of benzene rings is 2. The summed E-state index contributed by atoms with van der Waals surface area (Å²) in [6.45, 7) is 1.74. The number of carboxylic acid groups (broad SMARTS) is 1. The third-order valence-electron chi connectivity index (χ3n) is 4.98. The minimum Gasteiger partial charge on any atom is -0.480 e. The Hall–Kier alpha value is -3.32. The van der Waals surface area contributed by atoms with E-state index in [1.807, 2.05) is 0 Å². The van der Waals surface area contributed by atoms with Crippen LogP contribution in [0.1, 0.15) is 43.7 Å².